The van der Waals surface area contributed by atoms with Gasteiger partial charge < -0.3 is 10.6 Å². The third-order valence-corrected chi connectivity index (χ3v) is 2.80. The van der Waals surface area contributed by atoms with Gasteiger partial charge in [-0.25, -0.2) is 0 Å². The second kappa shape index (κ2) is 5.97. The Morgan fingerprint density at radius 3 is 2.94 bits per heavy atom. The molecule has 0 radical (unpaired) electrons. The van der Waals surface area contributed by atoms with E-state index in [1.165, 1.54) is 30.4 Å². The normalized spacial score (nSPS) is 15.3. The van der Waals surface area contributed by atoms with Crippen molar-refractivity contribution in [3.8, 4) is 0 Å². The highest BCUT2D eigenvalue weighted by atomic mass is 14.9. The Bertz CT molecular complexity index is 321. The average molecular weight is 219 g/mol. The number of hydrogen-bond donors (Lipinski definition) is 2. The lowest BCUT2D eigenvalue weighted by Crippen LogP contribution is -2.23. The average Bonchev–Trinajstić information content (AvgIpc) is 3.07. The van der Waals surface area contributed by atoms with E-state index in [1.807, 2.05) is 12.4 Å². The van der Waals surface area contributed by atoms with Gasteiger partial charge in [-0.15, -0.1) is 0 Å². The van der Waals surface area contributed by atoms with Crippen LogP contribution in [-0.2, 0) is 6.54 Å². The molecule has 3 nitrogen and oxygen atoms in total. The first-order chi connectivity index (χ1) is 7.84. The second-order valence-corrected chi connectivity index (χ2v) is 4.63. The molecule has 0 unspecified atom stereocenters. The van der Waals surface area contributed by atoms with Crippen LogP contribution in [0.15, 0.2) is 18.5 Å². The monoisotopic (exact) mass is 219 g/mol. The quantitative estimate of drug-likeness (QED) is 0.684. The van der Waals surface area contributed by atoms with Gasteiger partial charge in [-0.3, -0.25) is 4.98 Å². The minimum Gasteiger partial charge on any atom is -0.314 e. The number of aromatic nitrogens is 1. The van der Waals surface area contributed by atoms with Crippen LogP contribution in [0.3, 0.4) is 0 Å². The molecule has 0 aromatic carbocycles. The molecule has 0 saturated heterocycles. The third-order valence-electron chi connectivity index (χ3n) is 2.80. The van der Waals surface area contributed by atoms with Crippen molar-refractivity contribution < 1.29 is 0 Å². The van der Waals surface area contributed by atoms with E-state index in [9.17, 15) is 0 Å². The summed E-state index contributed by atoms with van der Waals surface area (Å²) in [5.41, 5.74) is 2.50. The molecule has 0 atom stereocenters. The molecule has 1 aliphatic rings. The number of pyridine rings is 1. The van der Waals surface area contributed by atoms with E-state index < -0.39 is 0 Å². The maximum absolute atomic E-state index is 4.18. The molecule has 0 spiro atoms. The predicted molar refractivity (Wildman–Crippen MR) is 66.3 cm³/mol. The van der Waals surface area contributed by atoms with Gasteiger partial charge in [0.1, 0.15) is 0 Å². The maximum Gasteiger partial charge on any atom is 0.0313 e. The molecule has 0 amide bonds. The molecule has 88 valence electrons. The summed E-state index contributed by atoms with van der Waals surface area (Å²) in [4.78, 5) is 4.18. The van der Waals surface area contributed by atoms with Crippen molar-refractivity contribution in [3.05, 3.63) is 29.6 Å². The van der Waals surface area contributed by atoms with E-state index in [0.717, 1.165) is 25.7 Å². The molecule has 2 rings (SSSR count). The van der Waals surface area contributed by atoms with Crippen LogP contribution in [-0.4, -0.2) is 24.1 Å². The van der Waals surface area contributed by atoms with Gasteiger partial charge >= 0.3 is 0 Å². The Labute approximate surface area is 97.7 Å². The SMILES string of the molecule is Cc1cncc(CNCCCNC2CC2)c1. The molecule has 2 N–H and O–H groups in total. The van der Waals surface area contributed by atoms with Gasteiger partial charge in [0.15, 0.2) is 0 Å². The van der Waals surface area contributed by atoms with Gasteiger partial charge in [-0.1, -0.05) is 6.07 Å². The number of rotatable bonds is 7. The van der Waals surface area contributed by atoms with E-state index in [-0.39, 0.29) is 0 Å². The highest BCUT2D eigenvalue weighted by molar-refractivity contribution is 5.16. The third kappa shape index (κ3) is 4.29. The van der Waals surface area contributed by atoms with Crippen molar-refractivity contribution in [2.45, 2.75) is 38.8 Å². The van der Waals surface area contributed by atoms with Gasteiger partial charge in [-0.05, 0) is 50.4 Å². The maximum atomic E-state index is 4.18. The molecule has 1 aliphatic carbocycles. The summed E-state index contributed by atoms with van der Waals surface area (Å²) in [6.45, 7) is 5.23. The zero-order valence-electron chi connectivity index (χ0n) is 10.00. The summed E-state index contributed by atoms with van der Waals surface area (Å²) in [7, 11) is 0. The van der Waals surface area contributed by atoms with E-state index in [0.29, 0.717) is 0 Å². The van der Waals surface area contributed by atoms with Gasteiger partial charge in [0, 0.05) is 25.0 Å². The summed E-state index contributed by atoms with van der Waals surface area (Å²) in [5, 5.41) is 6.96. The van der Waals surface area contributed by atoms with Gasteiger partial charge in [0.2, 0.25) is 0 Å². The van der Waals surface area contributed by atoms with Crippen LogP contribution in [0.2, 0.25) is 0 Å². The van der Waals surface area contributed by atoms with E-state index in [2.05, 4.69) is 28.6 Å². The fraction of sp³-hybridized carbons (Fsp3) is 0.615. The van der Waals surface area contributed by atoms with Crippen LogP contribution < -0.4 is 10.6 Å². The number of nitrogens with zero attached hydrogens (tertiary/aromatic N) is 1. The largest absolute Gasteiger partial charge is 0.314 e. The lowest BCUT2D eigenvalue weighted by atomic mass is 10.2. The van der Waals surface area contributed by atoms with Crippen LogP contribution in [0.5, 0.6) is 0 Å². The first-order valence-corrected chi connectivity index (χ1v) is 6.19. The summed E-state index contributed by atoms with van der Waals surface area (Å²) in [6, 6.07) is 3.02. The summed E-state index contributed by atoms with van der Waals surface area (Å²) in [6.07, 6.45) is 7.78. The summed E-state index contributed by atoms with van der Waals surface area (Å²) in [5.74, 6) is 0. The Hall–Kier alpha value is -0.930. The fourth-order valence-electron chi connectivity index (χ4n) is 1.75. The number of aryl methyl sites for hydroxylation is 1. The van der Waals surface area contributed by atoms with Crippen LogP contribution in [0.25, 0.3) is 0 Å². The van der Waals surface area contributed by atoms with Gasteiger partial charge in [-0.2, -0.15) is 0 Å². The van der Waals surface area contributed by atoms with E-state index in [1.54, 1.807) is 0 Å². The molecule has 16 heavy (non-hydrogen) atoms. The topological polar surface area (TPSA) is 37.0 Å². The van der Waals surface area contributed by atoms with E-state index in [4.69, 9.17) is 0 Å². The fourth-order valence-corrected chi connectivity index (χ4v) is 1.75. The molecular weight excluding hydrogens is 198 g/mol. The first kappa shape index (κ1) is 11.6. The zero-order chi connectivity index (χ0) is 11.2. The standard InChI is InChI=1S/C13H21N3/c1-11-7-12(10-15-8-11)9-14-5-2-6-16-13-3-4-13/h7-8,10,13-14,16H,2-6,9H2,1H3. The molecule has 1 aromatic heterocycles. The lowest BCUT2D eigenvalue weighted by molar-refractivity contribution is 0.592. The van der Waals surface area contributed by atoms with Crippen LogP contribution in [0, 0.1) is 6.92 Å². The second-order valence-electron chi connectivity index (χ2n) is 4.63. The van der Waals surface area contributed by atoms with Crippen LogP contribution >= 0.6 is 0 Å². The number of hydrogen-bond acceptors (Lipinski definition) is 3. The lowest BCUT2D eigenvalue weighted by Gasteiger charge is -2.06. The smallest absolute Gasteiger partial charge is 0.0313 e. The molecule has 1 saturated carbocycles. The molecular formula is C13H21N3. The minimum absolute atomic E-state index is 0.834. The van der Waals surface area contributed by atoms with Crippen molar-refractivity contribution >= 4 is 0 Å². The predicted octanol–water partition coefficient (Wildman–Crippen LogP) is 1.62. The Balaban J connectivity index is 1.53. The zero-order valence-corrected chi connectivity index (χ0v) is 10.00. The number of nitrogens with one attached hydrogen (secondary N) is 2. The van der Waals surface area contributed by atoms with Crippen molar-refractivity contribution in [2.75, 3.05) is 13.1 Å². The van der Waals surface area contributed by atoms with Crippen molar-refractivity contribution in [2.24, 2.45) is 0 Å². The van der Waals surface area contributed by atoms with E-state index >= 15 is 0 Å². The van der Waals surface area contributed by atoms with Crippen LogP contribution in [0.4, 0.5) is 0 Å². The molecule has 0 aliphatic heterocycles. The van der Waals surface area contributed by atoms with Crippen LogP contribution in [0.1, 0.15) is 30.4 Å². The Kier molecular flexibility index (Phi) is 4.31. The molecule has 0 bridgehead atoms. The van der Waals surface area contributed by atoms with Crippen molar-refractivity contribution in [1.82, 2.24) is 15.6 Å². The van der Waals surface area contributed by atoms with Gasteiger partial charge in [0.05, 0.1) is 0 Å². The molecule has 1 fully saturated rings. The Morgan fingerprint density at radius 1 is 1.31 bits per heavy atom. The molecule has 1 aromatic rings. The van der Waals surface area contributed by atoms with Crippen molar-refractivity contribution in [3.63, 3.8) is 0 Å². The highest BCUT2D eigenvalue weighted by Gasteiger charge is 2.19. The molecule has 3 heteroatoms. The first-order valence-electron chi connectivity index (χ1n) is 6.19. The van der Waals surface area contributed by atoms with Crippen molar-refractivity contribution in [1.29, 1.82) is 0 Å². The summed E-state index contributed by atoms with van der Waals surface area (Å²) < 4.78 is 0. The summed E-state index contributed by atoms with van der Waals surface area (Å²) >= 11 is 0. The Morgan fingerprint density at radius 2 is 2.19 bits per heavy atom. The van der Waals surface area contributed by atoms with Gasteiger partial charge in [0.25, 0.3) is 0 Å². The minimum atomic E-state index is 0.834. The molecule has 1 heterocycles. The highest BCUT2D eigenvalue weighted by Crippen LogP contribution is 2.18.